The van der Waals surface area contributed by atoms with Crippen molar-refractivity contribution in [2.24, 2.45) is 5.92 Å². The SMILES string of the molecule is CCC(C)[C@H](NC(=O)NC1(C)CCOC1C)C(=O)O. The number of carboxylic acid groups (broad SMARTS) is 1. The van der Waals surface area contributed by atoms with Crippen LogP contribution in [0.5, 0.6) is 0 Å². The highest BCUT2D eigenvalue weighted by Crippen LogP contribution is 2.24. The molecule has 1 rings (SSSR count). The number of hydrogen-bond donors (Lipinski definition) is 3. The normalized spacial score (nSPS) is 29.6. The van der Waals surface area contributed by atoms with Crippen molar-refractivity contribution in [2.45, 2.75) is 58.2 Å². The summed E-state index contributed by atoms with van der Waals surface area (Å²) >= 11 is 0. The molecule has 2 amide bonds. The maximum Gasteiger partial charge on any atom is 0.326 e. The molecule has 3 unspecified atom stereocenters. The summed E-state index contributed by atoms with van der Waals surface area (Å²) in [6.45, 7) is 8.11. The number of urea groups is 1. The van der Waals surface area contributed by atoms with Gasteiger partial charge in [0.05, 0.1) is 11.6 Å². The Hall–Kier alpha value is -1.30. The number of carbonyl (C=O) groups excluding carboxylic acids is 1. The largest absolute Gasteiger partial charge is 0.480 e. The fraction of sp³-hybridized carbons (Fsp3) is 0.846. The molecular weight excluding hydrogens is 248 g/mol. The molecule has 1 heterocycles. The molecule has 1 saturated heterocycles. The van der Waals surface area contributed by atoms with Gasteiger partial charge in [0.25, 0.3) is 0 Å². The van der Waals surface area contributed by atoms with Crippen molar-refractivity contribution in [2.75, 3.05) is 6.61 Å². The Morgan fingerprint density at radius 3 is 2.58 bits per heavy atom. The lowest BCUT2D eigenvalue weighted by Gasteiger charge is -2.30. The molecule has 3 N–H and O–H groups in total. The molecule has 0 aromatic rings. The van der Waals surface area contributed by atoms with Crippen LogP contribution in [0.25, 0.3) is 0 Å². The van der Waals surface area contributed by atoms with Gasteiger partial charge < -0.3 is 20.5 Å². The molecule has 1 aliphatic rings. The van der Waals surface area contributed by atoms with Crippen LogP contribution in [0.1, 0.15) is 40.5 Å². The molecule has 0 aromatic heterocycles. The second-order valence-electron chi connectivity index (χ2n) is 5.48. The summed E-state index contributed by atoms with van der Waals surface area (Å²) in [7, 11) is 0. The summed E-state index contributed by atoms with van der Waals surface area (Å²) in [4.78, 5) is 23.1. The minimum absolute atomic E-state index is 0.0786. The molecule has 1 aliphatic heterocycles. The average molecular weight is 272 g/mol. The van der Waals surface area contributed by atoms with Gasteiger partial charge in [0.2, 0.25) is 0 Å². The first-order valence-electron chi connectivity index (χ1n) is 6.73. The third kappa shape index (κ3) is 3.83. The number of amides is 2. The molecule has 6 heteroatoms. The number of carboxylic acids is 1. The van der Waals surface area contributed by atoms with Crippen LogP contribution in [0.4, 0.5) is 4.79 Å². The van der Waals surface area contributed by atoms with E-state index in [1.807, 2.05) is 27.7 Å². The number of ether oxygens (including phenoxy) is 1. The van der Waals surface area contributed by atoms with Crippen molar-refractivity contribution in [3.05, 3.63) is 0 Å². The Kier molecular flexibility index (Phi) is 5.17. The molecular formula is C13H24N2O4. The van der Waals surface area contributed by atoms with Crippen LogP contribution in [-0.4, -0.2) is 41.4 Å². The third-order valence-corrected chi connectivity index (χ3v) is 4.05. The number of rotatable bonds is 5. The van der Waals surface area contributed by atoms with Gasteiger partial charge in [0, 0.05) is 6.61 Å². The smallest absolute Gasteiger partial charge is 0.326 e. The second-order valence-corrected chi connectivity index (χ2v) is 5.48. The Bertz CT molecular complexity index is 348. The van der Waals surface area contributed by atoms with Crippen LogP contribution >= 0.6 is 0 Å². The monoisotopic (exact) mass is 272 g/mol. The summed E-state index contributed by atoms with van der Waals surface area (Å²) in [5, 5.41) is 14.5. The molecule has 0 aromatic carbocycles. The highest BCUT2D eigenvalue weighted by molar-refractivity contribution is 5.83. The Morgan fingerprint density at radius 1 is 1.53 bits per heavy atom. The van der Waals surface area contributed by atoms with Gasteiger partial charge in [0.15, 0.2) is 0 Å². The fourth-order valence-electron chi connectivity index (χ4n) is 2.12. The minimum atomic E-state index is -1.01. The summed E-state index contributed by atoms with van der Waals surface area (Å²) in [6, 6.07) is -1.32. The lowest BCUT2D eigenvalue weighted by atomic mass is 9.95. The Morgan fingerprint density at radius 2 is 2.16 bits per heavy atom. The van der Waals surface area contributed by atoms with Crippen molar-refractivity contribution >= 4 is 12.0 Å². The second kappa shape index (κ2) is 6.23. The highest BCUT2D eigenvalue weighted by Gasteiger charge is 2.39. The molecule has 4 atom stereocenters. The minimum Gasteiger partial charge on any atom is -0.480 e. The molecule has 0 spiro atoms. The Labute approximate surface area is 113 Å². The van der Waals surface area contributed by atoms with E-state index < -0.39 is 23.6 Å². The van der Waals surface area contributed by atoms with Gasteiger partial charge in [-0.25, -0.2) is 9.59 Å². The predicted octanol–water partition coefficient (Wildman–Crippen LogP) is 1.35. The number of aliphatic carboxylic acids is 1. The van der Waals surface area contributed by atoms with E-state index in [0.29, 0.717) is 13.0 Å². The zero-order valence-corrected chi connectivity index (χ0v) is 12.0. The predicted molar refractivity (Wildman–Crippen MR) is 71.0 cm³/mol. The maximum absolute atomic E-state index is 11.9. The van der Waals surface area contributed by atoms with Crippen LogP contribution in [0, 0.1) is 5.92 Å². The first-order valence-corrected chi connectivity index (χ1v) is 6.73. The molecule has 1 fully saturated rings. The van der Waals surface area contributed by atoms with Gasteiger partial charge >= 0.3 is 12.0 Å². The van der Waals surface area contributed by atoms with E-state index in [4.69, 9.17) is 9.84 Å². The van der Waals surface area contributed by atoms with Crippen LogP contribution < -0.4 is 10.6 Å². The number of carbonyl (C=O) groups is 2. The quantitative estimate of drug-likeness (QED) is 0.705. The lowest BCUT2D eigenvalue weighted by Crippen LogP contribution is -2.57. The van der Waals surface area contributed by atoms with Crippen molar-refractivity contribution in [1.82, 2.24) is 10.6 Å². The molecule has 0 bridgehead atoms. The van der Waals surface area contributed by atoms with Gasteiger partial charge in [-0.05, 0) is 26.2 Å². The van der Waals surface area contributed by atoms with Gasteiger partial charge in [-0.3, -0.25) is 0 Å². The Balaban J connectivity index is 2.60. The van der Waals surface area contributed by atoms with E-state index in [-0.39, 0.29) is 12.0 Å². The number of nitrogens with one attached hydrogen (secondary N) is 2. The van der Waals surface area contributed by atoms with Crippen LogP contribution in [0.15, 0.2) is 0 Å². The molecule has 6 nitrogen and oxygen atoms in total. The van der Waals surface area contributed by atoms with Crippen molar-refractivity contribution in [1.29, 1.82) is 0 Å². The number of hydrogen-bond acceptors (Lipinski definition) is 3. The highest BCUT2D eigenvalue weighted by atomic mass is 16.5. The summed E-state index contributed by atoms with van der Waals surface area (Å²) in [6.07, 6.45) is 1.33. The average Bonchev–Trinajstić information content (AvgIpc) is 2.65. The maximum atomic E-state index is 11.9. The van der Waals surface area contributed by atoms with Crippen LogP contribution in [0.3, 0.4) is 0 Å². The van der Waals surface area contributed by atoms with E-state index in [1.54, 1.807) is 0 Å². The van der Waals surface area contributed by atoms with Crippen LogP contribution in [-0.2, 0) is 9.53 Å². The van der Waals surface area contributed by atoms with E-state index in [9.17, 15) is 9.59 Å². The van der Waals surface area contributed by atoms with E-state index >= 15 is 0 Å². The topological polar surface area (TPSA) is 87.7 Å². The molecule has 0 aliphatic carbocycles. The van der Waals surface area contributed by atoms with Crippen molar-refractivity contribution < 1.29 is 19.4 Å². The van der Waals surface area contributed by atoms with E-state index in [0.717, 1.165) is 6.42 Å². The van der Waals surface area contributed by atoms with E-state index in [2.05, 4.69) is 10.6 Å². The zero-order chi connectivity index (χ0) is 14.6. The summed E-state index contributed by atoms with van der Waals surface area (Å²) in [5.41, 5.74) is -0.442. The molecule has 19 heavy (non-hydrogen) atoms. The molecule has 0 radical (unpaired) electrons. The van der Waals surface area contributed by atoms with Crippen LogP contribution in [0.2, 0.25) is 0 Å². The summed E-state index contributed by atoms with van der Waals surface area (Å²) < 4.78 is 5.43. The van der Waals surface area contributed by atoms with Crippen molar-refractivity contribution in [3.8, 4) is 0 Å². The first kappa shape index (κ1) is 15.8. The standard InChI is InChI=1S/C13H24N2O4/c1-5-8(2)10(11(16)17)14-12(18)15-13(4)6-7-19-9(13)3/h8-10H,5-7H2,1-4H3,(H,16,17)(H2,14,15,18)/t8?,9?,10-,13?/m0/s1. The van der Waals surface area contributed by atoms with Crippen molar-refractivity contribution in [3.63, 3.8) is 0 Å². The third-order valence-electron chi connectivity index (χ3n) is 4.05. The van der Waals surface area contributed by atoms with Gasteiger partial charge in [-0.1, -0.05) is 20.3 Å². The van der Waals surface area contributed by atoms with Gasteiger partial charge in [-0.15, -0.1) is 0 Å². The van der Waals surface area contributed by atoms with Gasteiger partial charge in [0.1, 0.15) is 6.04 Å². The first-order chi connectivity index (χ1) is 8.80. The fourth-order valence-corrected chi connectivity index (χ4v) is 2.12. The molecule has 0 saturated carbocycles. The zero-order valence-electron chi connectivity index (χ0n) is 12.0. The lowest BCUT2D eigenvalue weighted by molar-refractivity contribution is -0.140. The van der Waals surface area contributed by atoms with Gasteiger partial charge in [-0.2, -0.15) is 0 Å². The molecule has 110 valence electrons. The summed E-state index contributed by atoms with van der Waals surface area (Å²) in [5.74, 6) is -1.13. The van der Waals surface area contributed by atoms with E-state index in [1.165, 1.54) is 0 Å².